The first kappa shape index (κ1) is 80.1. The Morgan fingerprint density at radius 2 is 0.622 bits per heavy atom. The normalized spacial score (nSPS) is 14.7. The van der Waals surface area contributed by atoms with E-state index in [4.69, 9.17) is 37.0 Å². The van der Waals surface area contributed by atoms with Crippen molar-refractivity contribution in [2.45, 2.75) is 330 Å². The highest BCUT2D eigenvalue weighted by molar-refractivity contribution is 7.47. The molecule has 0 radical (unpaired) electrons. The summed E-state index contributed by atoms with van der Waals surface area (Å²) in [4.78, 5) is 71.9. The molecule has 0 aromatic heterocycles. The molecule has 0 bridgehead atoms. The summed E-state index contributed by atoms with van der Waals surface area (Å²) in [5.41, 5.74) is 0. The van der Waals surface area contributed by atoms with E-state index in [1.165, 1.54) is 122 Å². The van der Waals surface area contributed by atoms with Crippen molar-refractivity contribution >= 4 is 39.5 Å². The molecule has 0 aliphatic rings. The summed E-state index contributed by atoms with van der Waals surface area (Å²) in [7, 11) is -9.88. The molecule has 0 fully saturated rings. The lowest BCUT2D eigenvalue weighted by molar-refractivity contribution is -0.161. The quantitative estimate of drug-likeness (QED) is 0.0222. The lowest BCUT2D eigenvalue weighted by Crippen LogP contribution is -2.30. The number of hydrogen-bond acceptors (Lipinski definition) is 15. The molecule has 0 amide bonds. The number of aliphatic hydroxyl groups excluding tert-OH is 1. The number of phosphoric ester groups is 2. The van der Waals surface area contributed by atoms with E-state index in [2.05, 4.69) is 41.5 Å². The summed E-state index contributed by atoms with van der Waals surface area (Å²) in [6.07, 6.45) is 38.0. The van der Waals surface area contributed by atoms with Gasteiger partial charge in [-0.3, -0.25) is 37.3 Å². The van der Waals surface area contributed by atoms with Gasteiger partial charge in [0.1, 0.15) is 19.3 Å². The number of rotatable bonds is 62. The first-order valence-corrected chi connectivity index (χ1v) is 36.0. The molecule has 3 unspecified atom stereocenters. The molecule has 0 aromatic carbocycles. The second kappa shape index (κ2) is 55.6. The van der Waals surface area contributed by atoms with Crippen LogP contribution in [0, 0.1) is 11.8 Å². The Labute approximate surface area is 498 Å². The van der Waals surface area contributed by atoms with Gasteiger partial charge in [-0.1, -0.05) is 260 Å². The lowest BCUT2D eigenvalue weighted by Gasteiger charge is -2.21. The number of ether oxygens (including phenoxy) is 4. The molecule has 19 heteroatoms. The Morgan fingerprint density at radius 1 is 0.354 bits per heavy atom. The molecule has 0 spiro atoms. The number of esters is 4. The van der Waals surface area contributed by atoms with Crippen LogP contribution >= 0.6 is 15.6 Å². The number of phosphoric acid groups is 2. The van der Waals surface area contributed by atoms with Crippen molar-refractivity contribution in [3.05, 3.63) is 0 Å². The third-order valence-electron chi connectivity index (χ3n) is 14.8. The minimum atomic E-state index is -4.94. The molecule has 0 aliphatic heterocycles. The van der Waals surface area contributed by atoms with E-state index >= 15 is 0 Å². The van der Waals surface area contributed by atoms with Gasteiger partial charge in [0.25, 0.3) is 0 Å². The predicted molar refractivity (Wildman–Crippen MR) is 326 cm³/mol. The highest BCUT2D eigenvalue weighted by Crippen LogP contribution is 2.45. The molecule has 0 heterocycles. The maximum atomic E-state index is 13.0. The molecular formula is C63H122O17P2. The molecule has 0 saturated carbocycles. The molecule has 82 heavy (non-hydrogen) atoms. The van der Waals surface area contributed by atoms with Crippen LogP contribution in [0.1, 0.15) is 311 Å². The SMILES string of the molecule is CCCCCCCCCCCCCCCCCCC(=O)O[C@H](COC(=O)CCCCCCCCCCC(C)C)COP(=O)(O)OC[C@@H](O)COP(=O)(O)OC[C@@H](COC(=O)CCCCCCC)OC(=O)CCCCCCCCC(C)CC. The minimum absolute atomic E-state index is 0.102. The van der Waals surface area contributed by atoms with E-state index in [0.717, 1.165) is 108 Å². The molecule has 0 aliphatic carbocycles. The number of unbranched alkanes of at least 4 members (excludes halogenated alkanes) is 31. The second-order valence-electron chi connectivity index (χ2n) is 23.5. The topological polar surface area (TPSA) is 237 Å². The maximum Gasteiger partial charge on any atom is 0.472 e. The molecule has 6 atom stereocenters. The third kappa shape index (κ3) is 55.9. The van der Waals surface area contributed by atoms with E-state index in [-0.39, 0.29) is 25.7 Å². The molecule has 17 nitrogen and oxygen atoms in total. The summed E-state index contributed by atoms with van der Waals surface area (Å²) in [5.74, 6) is -0.701. The van der Waals surface area contributed by atoms with Crippen LogP contribution in [0.15, 0.2) is 0 Å². The Bertz CT molecular complexity index is 1620. The molecule has 486 valence electrons. The highest BCUT2D eigenvalue weighted by atomic mass is 31.2. The van der Waals surface area contributed by atoms with E-state index in [0.29, 0.717) is 25.7 Å². The van der Waals surface area contributed by atoms with Gasteiger partial charge >= 0.3 is 39.5 Å². The number of carbonyl (C=O) groups excluding carboxylic acids is 4. The fourth-order valence-corrected chi connectivity index (χ4v) is 10.9. The zero-order chi connectivity index (χ0) is 60.8. The molecular weight excluding hydrogens is 1090 g/mol. The average molecular weight is 1210 g/mol. The predicted octanol–water partition coefficient (Wildman–Crippen LogP) is 17.3. The Hall–Kier alpha value is -1.94. The van der Waals surface area contributed by atoms with Crippen molar-refractivity contribution in [3.8, 4) is 0 Å². The first-order chi connectivity index (χ1) is 39.4. The van der Waals surface area contributed by atoms with Gasteiger partial charge in [0.2, 0.25) is 0 Å². The van der Waals surface area contributed by atoms with Gasteiger partial charge in [0.05, 0.1) is 26.4 Å². The summed E-state index contributed by atoms with van der Waals surface area (Å²) in [6.45, 7) is 9.32. The van der Waals surface area contributed by atoms with Crippen LogP contribution in [-0.4, -0.2) is 96.7 Å². The van der Waals surface area contributed by atoms with Crippen LogP contribution in [-0.2, 0) is 65.4 Å². The van der Waals surface area contributed by atoms with Crippen molar-refractivity contribution in [2.75, 3.05) is 39.6 Å². The monoisotopic (exact) mass is 1210 g/mol. The largest absolute Gasteiger partial charge is 0.472 e. The number of hydrogen-bond donors (Lipinski definition) is 3. The van der Waals surface area contributed by atoms with Crippen molar-refractivity contribution in [1.29, 1.82) is 0 Å². The number of carbonyl (C=O) groups is 4. The van der Waals surface area contributed by atoms with Gasteiger partial charge in [0, 0.05) is 25.7 Å². The summed E-state index contributed by atoms with van der Waals surface area (Å²) < 4.78 is 67.8. The first-order valence-electron chi connectivity index (χ1n) is 33.0. The second-order valence-corrected chi connectivity index (χ2v) is 26.4. The van der Waals surface area contributed by atoms with Crippen LogP contribution in [0.3, 0.4) is 0 Å². The van der Waals surface area contributed by atoms with Crippen molar-refractivity contribution in [1.82, 2.24) is 0 Å². The van der Waals surface area contributed by atoms with Crippen LogP contribution < -0.4 is 0 Å². The zero-order valence-electron chi connectivity index (χ0n) is 52.8. The van der Waals surface area contributed by atoms with E-state index in [9.17, 15) is 43.2 Å². The summed E-state index contributed by atoms with van der Waals surface area (Å²) in [6, 6.07) is 0. The van der Waals surface area contributed by atoms with E-state index < -0.39 is 97.5 Å². The summed E-state index contributed by atoms with van der Waals surface area (Å²) >= 11 is 0. The molecule has 3 N–H and O–H groups in total. The van der Waals surface area contributed by atoms with Crippen molar-refractivity contribution in [3.63, 3.8) is 0 Å². The molecule has 0 saturated heterocycles. The zero-order valence-corrected chi connectivity index (χ0v) is 54.6. The van der Waals surface area contributed by atoms with Crippen LogP contribution in [0.4, 0.5) is 0 Å². The number of aliphatic hydroxyl groups is 1. The Balaban J connectivity index is 5.17. The van der Waals surface area contributed by atoms with Crippen LogP contribution in [0.25, 0.3) is 0 Å². The highest BCUT2D eigenvalue weighted by Gasteiger charge is 2.30. The van der Waals surface area contributed by atoms with Gasteiger partial charge in [0.15, 0.2) is 12.2 Å². The summed E-state index contributed by atoms with van der Waals surface area (Å²) in [5, 5.41) is 10.5. The van der Waals surface area contributed by atoms with Crippen LogP contribution in [0.5, 0.6) is 0 Å². The fraction of sp³-hybridized carbons (Fsp3) is 0.937. The third-order valence-corrected chi connectivity index (χ3v) is 16.7. The smallest absolute Gasteiger partial charge is 0.462 e. The Morgan fingerprint density at radius 3 is 0.927 bits per heavy atom. The van der Waals surface area contributed by atoms with Gasteiger partial charge in [-0.2, -0.15) is 0 Å². The van der Waals surface area contributed by atoms with Crippen molar-refractivity contribution < 1.29 is 80.2 Å². The minimum Gasteiger partial charge on any atom is -0.462 e. The fourth-order valence-electron chi connectivity index (χ4n) is 9.32. The molecule has 0 aromatic rings. The van der Waals surface area contributed by atoms with Gasteiger partial charge in [-0.15, -0.1) is 0 Å². The van der Waals surface area contributed by atoms with Gasteiger partial charge in [-0.25, -0.2) is 9.13 Å². The lowest BCUT2D eigenvalue weighted by atomic mass is 10.00. The average Bonchev–Trinajstić information content (AvgIpc) is 3.46. The van der Waals surface area contributed by atoms with Gasteiger partial charge in [-0.05, 0) is 37.5 Å². The standard InChI is InChI=1S/C63H122O17P2/c1-7-10-12-14-15-16-17-18-19-20-21-22-23-28-35-41-47-62(67)79-59(52-74-61(66)46-40-34-27-25-24-26-32-37-43-55(4)5)54-78-82(71,72)76-50-57(64)49-75-81(69,70)77-53-58(51-73-60(65)45-39-31-13-11-8-2)80-63(68)48-42-36-30-29-33-38-44-56(6)9-3/h55-59,64H,7-54H2,1-6H3,(H,69,70)(H,71,72)/t56?,57-,58+,59+/m0/s1. The maximum absolute atomic E-state index is 13.0. The van der Waals surface area contributed by atoms with Gasteiger partial charge < -0.3 is 33.8 Å². The Kier molecular flexibility index (Phi) is 54.3. The van der Waals surface area contributed by atoms with Crippen molar-refractivity contribution in [2.24, 2.45) is 11.8 Å². The van der Waals surface area contributed by atoms with E-state index in [1.54, 1.807) is 0 Å². The van der Waals surface area contributed by atoms with E-state index in [1.807, 2.05) is 0 Å². The van der Waals surface area contributed by atoms with Crippen LogP contribution in [0.2, 0.25) is 0 Å². The molecule has 0 rings (SSSR count).